The summed E-state index contributed by atoms with van der Waals surface area (Å²) in [4.78, 5) is 4.20. The van der Waals surface area contributed by atoms with E-state index in [9.17, 15) is 0 Å². The lowest BCUT2D eigenvalue weighted by molar-refractivity contribution is 0.145. The number of rotatable bonds is 4. The third kappa shape index (κ3) is 2.19. The minimum Gasteiger partial charge on any atom is -0.395 e. The molecule has 1 fully saturated rings. The number of hydrogen-bond acceptors (Lipinski definition) is 4. The molecule has 1 heterocycles. The third-order valence-corrected chi connectivity index (χ3v) is 3.91. The van der Waals surface area contributed by atoms with Crippen molar-refractivity contribution in [3.63, 3.8) is 0 Å². The second kappa shape index (κ2) is 4.62. The van der Waals surface area contributed by atoms with Gasteiger partial charge in [0, 0.05) is 12.7 Å². The minimum atomic E-state index is 0.413. The highest BCUT2D eigenvalue weighted by molar-refractivity contribution is 5.68. The van der Waals surface area contributed by atoms with Gasteiger partial charge in [-0.2, -0.15) is 5.26 Å². The van der Waals surface area contributed by atoms with Crippen LogP contribution in [0.3, 0.4) is 0 Å². The van der Waals surface area contributed by atoms with Gasteiger partial charge < -0.3 is 11.1 Å². The predicted octanol–water partition coefficient (Wildman–Crippen LogP) is 2.53. The molecule has 0 aliphatic heterocycles. The van der Waals surface area contributed by atoms with Crippen LogP contribution < -0.4 is 11.1 Å². The summed E-state index contributed by atoms with van der Waals surface area (Å²) in [5.74, 6) is 0.642. The van der Waals surface area contributed by atoms with Crippen LogP contribution >= 0.6 is 0 Å². The van der Waals surface area contributed by atoms with Gasteiger partial charge in [-0.05, 0) is 30.7 Å². The average molecular weight is 230 g/mol. The third-order valence-electron chi connectivity index (χ3n) is 3.91. The molecule has 1 aliphatic carbocycles. The number of nitriles is 1. The van der Waals surface area contributed by atoms with Crippen LogP contribution in [0.2, 0.25) is 0 Å². The summed E-state index contributed by atoms with van der Waals surface area (Å²) in [6, 6.07) is 3.71. The number of nitrogens with zero attached hydrogens (tertiary/aromatic N) is 2. The molecule has 90 valence electrons. The van der Waals surface area contributed by atoms with E-state index in [1.807, 2.05) is 0 Å². The summed E-state index contributed by atoms with van der Waals surface area (Å²) in [6.07, 6.45) is 6.66. The zero-order valence-electron chi connectivity index (χ0n) is 10.2. The second-order valence-electron chi connectivity index (χ2n) is 4.79. The van der Waals surface area contributed by atoms with E-state index < -0.39 is 0 Å². The first-order chi connectivity index (χ1) is 8.21. The van der Waals surface area contributed by atoms with Crippen molar-refractivity contribution in [2.24, 2.45) is 5.41 Å². The maximum Gasteiger partial charge on any atom is 0.150 e. The summed E-state index contributed by atoms with van der Waals surface area (Å²) < 4.78 is 0. The quantitative estimate of drug-likeness (QED) is 0.833. The molecule has 0 unspecified atom stereocenters. The molecule has 1 aromatic rings. The molecule has 0 saturated heterocycles. The predicted molar refractivity (Wildman–Crippen MR) is 68.4 cm³/mol. The molecular weight excluding hydrogens is 212 g/mol. The molecule has 0 spiro atoms. The highest BCUT2D eigenvalue weighted by Gasteiger charge is 2.34. The Morgan fingerprint density at radius 1 is 1.59 bits per heavy atom. The van der Waals surface area contributed by atoms with Crippen LogP contribution in [0.1, 0.15) is 38.2 Å². The largest absolute Gasteiger partial charge is 0.395 e. The molecule has 4 nitrogen and oxygen atoms in total. The van der Waals surface area contributed by atoms with Crippen molar-refractivity contribution in [3.8, 4) is 6.07 Å². The zero-order chi connectivity index (χ0) is 12.3. The van der Waals surface area contributed by atoms with Crippen molar-refractivity contribution in [1.82, 2.24) is 4.98 Å². The molecule has 0 atom stereocenters. The maximum atomic E-state index is 8.89. The normalized spacial score (nSPS) is 16.9. The Balaban J connectivity index is 2.07. The monoisotopic (exact) mass is 230 g/mol. The fourth-order valence-electron chi connectivity index (χ4n) is 2.31. The first-order valence-corrected chi connectivity index (χ1v) is 6.09. The van der Waals surface area contributed by atoms with E-state index in [0.29, 0.717) is 22.5 Å². The lowest BCUT2D eigenvalue weighted by atomic mass is 9.67. The van der Waals surface area contributed by atoms with Gasteiger partial charge in [0.05, 0.1) is 11.3 Å². The summed E-state index contributed by atoms with van der Waals surface area (Å²) >= 11 is 0. The van der Waals surface area contributed by atoms with Crippen molar-refractivity contribution in [2.45, 2.75) is 32.6 Å². The van der Waals surface area contributed by atoms with E-state index in [1.165, 1.54) is 25.7 Å². The van der Waals surface area contributed by atoms with Crippen LogP contribution in [0.4, 0.5) is 11.5 Å². The Morgan fingerprint density at radius 2 is 2.35 bits per heavy atom. The standard InChI is InChI=1S/C13H18N4/c1-2-13(5-3-6-13)9-17-12-11(15)10(8-14)4-7-16-12/h4,7H,2-3,5-6,9,15H2,1H3,(H,16,17). The molecular formula is C13H18N4. The van der Waals surface area contributed by atoms with Gasteiger partial charge in [0.15, 0.2) is 5.82 Å². The Kier molecular flexibility index (Phi) is 3.19. The van der Waals surface area contributed by atoms with Crippen LogP contribution in [0, 0.1) is 16.7 Å². The van der Waals surface area contributed by atoms with E-state index >= 15 is 0 Å². The van der Waals surface area contributed by atoms with Gasteiger partial charge in [0.2, 0.25) is 0 Å². The van der Waals surface area contributed by atoms with Crippen molar-refractivity contribution in [1.29, 1.82) is 5.26 Å². The smallest absolute Gasteiger partial charge is 0.150 e. The van der Waals surface area contributed by atoms with Crippen LogP contribution in [0.5, 0.6) is 0 Å². The molecule has 1 aromatic heterocycles. The second-order valence-corrected chi connectivity index (χ2v) is 4.79. The number of hydrogen-bond donors (Lipinski definition) is 2. The zero-order valence-corrected chi connectivity index (χ0v) is 10.2. The number of nitrogens with two attached hydrogens (primary N) is 1. The first-order valence-electron chi connectivity index (χ1n) is 6.09. The SMILES string of the molecule is CCC1(CNc2nccc(C#N)c2N)CCC1. The van der Waals surface area contributed by atoms with Crippen LogP contribution in [0.15, 0.2) is 12.3 Å². The Labute approximate surface area is 102 Å². The van der Waals surface area contributed by atoms with Gasteiger partial charge in [-0.3, -0.25) is 0 Å². The van der Waals surface area contributed by atoms with Crippen molar-refractivity contribution >= 4 is 11.5 Å². The fourth-order valence-corrected chi connectivity index (χ4v) is 2.31. The van der Waals surface area contributed by atoms with E-state index in [0.717, 1.165) is 6.54 Å². The fraction of sp³-hybridized carbons (Fsp3) is 0.538. The van der Waals surface area contributed by atoms with Gasteiger partial charge in [-0.25, -0.2) is 4.98 Å². The highest BCUT2D eigenvalue weighted by Crippen LogP contribution is 2.43. The van der Waals surface area contributed by atoms with Gasteiger partial charge in [-0.1, -0.05) is 13.3 Å². The van der Waals surface area contributed by atoms with E-state index in [-0.39, 0.29) is 0 Å². The molecule has 3 N–H and O–H groups in total. The van der Waals surface area contributed by atoms with Crippen molar-refractivity contribution in [2.75, 3.05) is 17.6 Å². The molecule has 4 heteroatoms. The van der Waals surface area contributed by atoms with Gasteiger partial charge in [0.25, 0.3) is 0 Å². The molecule has 0 radical (unpaired) electrons. The molecule has 2 rings (SSSR count). The lowest BCUT2D eigenvalue weighted by Gasteiger charge is -2.41. The molecule has 0 bridgehead atoms. The number of nitrogens with one attached hydrogen (secondary N) is 1. The number of anilines is 2. The van der Waals surface area contributed by atoms with E-state index in [2.05, 4.69) is 23.3 Å². The Bertz CT molecular complexity index is 438. The highest BCUT2D eigenvalue weighted by atomic mass is 15.0. The first kappa shape index (κ1) is 11.7. The van der Waals surface area contributed by atoms with Crippen LogP contribution in [0.25, 0.3) is 0 Å². The summed E-state index contributed by atoms with van der Waals surface area (Å²) in [6.45, 7) is 3.12. The van der Waals surface area contributed by atoms with E-state index in [1.54, 1.807) is 12.3 Å². The number of aromatic nitrogens is 1. The topological polar surface area (TPSA) is 74.7 Å². The van der Waals surface area contributed by atoms with Crippen LogP contribution in [-0.2, 0) is 0 Å². The average Bonchev–Trinajstić information content (AvgIpc) is 2.30. The summed E-state index contributed by atoms with van der Waals surface area (Å²) in [5, 5.41) is 12.2. The maximum absolute atomic E-state index is 8.89. The molecule has 0 aromatic carbocycles. The van der Waals surface area contributed by atoms with Gasteiger partial charge in [0.1, 0.15) is 6.07 Å². The van der Waals surface area contributed by atoms with Gasteiger partial charge in [-0.15, -0.1) is 0 Å². The lowest BCUT2D eigenvalue weighted by Crippen LogP contribution is -2.36. The van der Waals surface area contributed by atoms with E-state index in [4.69, 9.17) is 11.0 Å². The summed E-state index contributed by atoms with van der Waals surface area (Å²) in [7, 11) is 0. The number of pyridine rings is 1. The minimum absolute atomic E-state index is 0.413. The number of nitrogen functional groups attached to an aromatic ring is 1. The van der Waals surface area contributed by atoms with Gasteiger partial charge >= 0.3 is 0 Å². The van der Waals surface area contributed by atoms with Crippen molar-refractivity contribution < 1.29 is 0 Å². The molecule has 1 aliphatic rings. The molecule has 1 saturated carbocycles. The Morgan fingerprint density at radius 3 is 2.88 bits per heavy atom. The van der Waals surface area contributed by atoms with Crippen molar-refractivity contribution in [3.05, 3.63) is 17.8 Å². The van der Waals surface area contributed by atoms with Crippen LogP contribution in [-0.4, -0.2) is 11.5 Å². The molecule has 0 amide bonds. The Hall–Kier alpha value is -1.76. The summed E-state index contributed by atoms with van der Waals surface area (Å²) in [5.41, 5.74) is 7.24. The molecule has 17 heavy (non-hydrogen) atoms.